The molecule has 27 heavy (non-hydrogen) atoms. The minimum absolute atomic E-state index is 0.0851. The van der Waals surface area contributed by atoms with E-state index in [1.807, 2.05) is 50.4 Å². The maximum absolute atomic E-state index is 12.2. The molecule has 2 heterocycles. The van der Waals surface area contributed by atoms with Crippen LogP contribution in [0.25, 0.3) is 21.9 Å². The van der Waals surface area contributed by atoms with Crippen molar-refractivity contribution in [2.75, 3.05) is 5.32 Å². The number of carbonyl (C=O) groups is 1. The molecule has 0 radical (unpaired) electrons. The van der Waals surface area contributed by atoms with Gasteiger partial charge in [0.15, 0.2) is 0 Å². The zero-order valence-electron chi connectivity index (χ0n) is 15.4. The summed E-state index contributed by atoms with van der Waals surface area (Å²) in [4.78, 5) is 23.5. The van der Waals surface area contributed by atoms with Gasteiger partial charge in [-0.3, -0.25) is 4.79 Å². The Bertz CT molecular complexity index is 1110. The van der Waals surface area contributed by atoms with E-state index in [9.17, 15) is 4.79 Å². The molecule has 0 spiro atoms. The van der Waals surface area contributed by atoms with Crippen LogP contribution < -0.4 is 11.1 Å². The molecule has 0 aliphatic heterocycles. The van der Waals surface area contributed by atoms with Crippen molar-refractivity contribution in [1.82, 2.24) is 15.0 Å². The number of benzene rings is 2. The first-order valence-corrected chi connectivity index (χ1v) is 9.11. The normalized spacial score (nSPS) is 12.7. The highest BCUT2D eigenvalue weighted by molar-refractivity contribution is 5.96. The van der Waals surface area contributed by atoms with Crippen LogP contribution in [0.1, 0.15) is 25.2 Å². The number of para-hydroxylation sites is 1. The quantitative estimate of drug-likeness (QED) is 0.437. The highest BCUT2D eigenvalue weighted by atomic mass is 16.2. The molecular formula is C21H23N5O. The Morgan fingerprint density at radius 2 is 2.00 bits per heavy atom. The predicted molar refractivity (Wildman–Crippen MR) is 109 cm³/mol. The van der Waals surface area contributed by atoms with Crippen LogP contribution >= 0.6 is 0 Å². The Kier molecular flexibility index (Phi) is 4.41. The molecule has 1 amide bonds. The molecule has 0 bridgehead atoms. The topological polar surface area (TPSA) is 99.6 Å². The number of nitrogens with zero attached hydrogens (tertiary/aromatic N) is 1. The molecule has 5 N–H and O–H groups in total. The Labute approximate surface area is 157 Å². The number of aromatic nitrogens is 3. The molecule has 2 aromatic heterocycles. The molecule has 0 saturated heterocycles. The number of imidazole rings is 1. The minimum Gasteiger partial charge on any atom is -0.361 e. The highest BCUT2D eigenvalue weighted by Crippen LogP contribution is 2.22. The lowest BCUT2D eigenvalue weighted by atomic mass is 10.0. The fourth-order valence-electron chi connectivity index (χ4n) is 3.21. The van der Waals surface area contributed by atoms with Crippen LogP contribution in [0, 0.1) is 5.92 Å². The first kappa shape index (κ1) is 17.3. The van der Waals surface area contributed by atoms with Crippen molar-refractivity contribution in [1.29, 1.82) is 0 Å². The van der Waals surface area contributed by atoms with E-state index in [2.05, 4.69) is 27.4 Å². The molecular weight excluding hydrogens is 338 g/mol. The van der Waals surface area contributed by atoms with Crippen LogP contribution in [0.5, 0.6) is 0 Å². The third kappa shape index (κ3) is 3.44. The zero-order chi connectivity index (χ0) is 19.0. The number of hydrogen-bond acceptors (Lipinski definition) is 3. The maximum atomic E-state index is 12.2. The molecule has 1 unspecified atom stereocenters. The van der Waals surface area contributed by atoms with Crippen molar-refractivity contribution in [3.8, 4) is 0 Å². The summed E-state index contributed by atoms with van der Waals surface area (Å²) in [7, 11) is 0. The number of hydrogen-bond donors (Lipinski definition) is 4. The van der Waals surface area contributed by atoms with E-state index < -0.39 is 6.04 Å². The molecule has 0 aliphatic carbocycles. The summed E-state index contributed by atoms with van der Waals surface area (Å²) in [5.74, 6) is 0.790. The van der Waals surface area contributed by atoms with Gasteiger partial charge in [-0.2, -0.15) is 0 Å². The fourth-order valence-corrected chi connectivity index (χ4v) is 3.21. The average Bonchev–Trinajstić information content (AvgIpc) is 3.24. The number of nitrogens with two attached hydrogens (primary N) is 1. The summed E-state index contributed by atoms with van der Waals surface area (Å²) in [5.41, 5.74) is 10.7. The van der Waals surface area contributed by atoms with Crippen LogP contribution in [0.3, 0.4) is 0 Å². The smallest absolute Gasteiger partial charge is 0.241 e. The predicted octanol–water partition coefficient (Wildman–Crippen LogP) is 3.56. The number of nitrogens with one attached hydrogen (secondary N) is 3. The van der Waals surface area contributed by atoms with Crippen LogP contribution in [-0.2, 0) is 11.2 Å². The van der Waals surface area contributed by atoms with Gasteiger partial charge < -0.3 is 21.0 Å². The van der Waals surface area contributed by atoms with Crippen LogP contribution in [0.2, 0.25) is 0 Å². The number of H-pyrrole nitrogens is 2. The summed E-state index contributed by atoms with van der Waals surface area (Å²) < 4.78 is 0. The monoisotopic (exact) mass is 361 g/mol. The third-order valence-electron chi connectivity index (χ3n) is 4.85. The largest absolute Gasteiger partial charge is 0.361 e. The van der Waals surface area contributed by atoms with Gasteiger partial charge in [-0.1, -0.05) is 32.0 Å². The molecule has 138 valence electrons. The first-order valence-electron chi connectivity index (χ1n) is 9.11. The van der Waals surface area contributed by atoms with Gasteiger partial charge in [0.1, 0.15) is 5.82 Å². The Balaban J connectivity index is 1.57. The van der Waals surface area contributed by atoms with E-state index in [0.29, 0.717) is 12.1 Å². The lowest BCUT2D eigenvalue weighted by molar-refractivity contribution is -0.118. The molecule has 6 nitrogen and oxygen atoms in total. The van der Waals surface area contributed by atoms with Crippen LogP contribution in [-0.4, -0.2) is 26.9 Å². The second-order valence-electron chi connectivity index (χ2n) is 7.21. The van der Waals surface area contributed by atoms with Crippen molar-refractivity contribution in [2.24, 2.45) is 11.7 Å². The van der Waals surface area contributed by atoms with Gasteiger partial charge in [0.25, 0.3) is 0 Å². The van der Waals surface area contributed by atoms with E-state index in [1.54, 1.807) is 0 Å². The molecule has 4 aromatic rings. The van der Waals surface area contributed by atoms with Crippen molar-refractivity contribution in [3.05, 3.63) is 60.0 Å². The second-order valence-corrected chi connectivity index (χ2v) is 7.21. The second kappa shape index (κ2) is 6.89. The first-order chi connectivity index (χ1) is 13.0. The molecule has 0 aliphatic rings. The molecule has 1 atom stereocenters. The minimum atomic E-state index is -0.530. The standard InChI is InChI=1S/C21H23N5O/c1-12(2)20(22)21(27)24-14-7-8-17-18(10-14)26-19(25-17)9-13-11-23-16-6-4-3-5-15(13)16/h3-8,10-12,20,23H,9,22H2,1-2H3,(H,24,27)(H,25,26). The number of aromatic amines is 2. The Morgan fingerprint density at radius 3 is 2.81 bits per heavy atom. The number of carbonyl (C=O) groups excluding carboxylic acids is 1. The third-order valence-corrected chi connectivity index (χ3v) is 4.85. The molecule has 4 rings (SSSR count). The molecule has 2 aromatic carbocycles. The molecule has 6 heteroatoms. The summed E-state index contributed by atoms with van der Waals surface area (Å²) in [6.45, 7) is 3.86. The van der Waals surface area contributed by atoms with E-state index >= 15 is 0 Å². The van der Waals surface area contributed by atoms with Gasteiger partial charge in [0.2, 0.25) is 5.91 Å². The number of anilines is 1. The van der Waals surface area contributed by atoms with Gasteiger partial charge >= 0.3 is 0 Å². The van der Waals surface area contributed by atoms with Gasteiger partial charge in [0, 0.05) is 29.2 Å². The van der Waals surface area contributed by atoms with Crippen molar-refractivity contribution in [2.45, 2.75) is 26.3 Å². The van der Waals surface area contributed by atoms with Crippen molar-refractivity contribution < 1.29 is 4.79 Å². The van der Waals surface area contributed by atoms with Crippen LogP contribution in [0.4, 0.5) is 5.69 Å². The van der Waals surface area contributed by atoms with E-state index in [1.165, 1.54) is 10.9 Å². The summed E-state index contributed by atoms with van der Waals surface area (Å²) in [6, 6.07) is 13.4. The van der Waals surface area contributed by atoms with Crippen LogP contribution in [0.15, 0.2) is 48.7 Å². The van der Waals surface area contributed by atoms with Gasteiger partial charge in [-0.15, -0.1) is 0 Å². The Hall–Kier alpha value is -3.12. The molecule has 0 saturated carbocycles. The van der Waals surface area contributed by atoms with E-state index in [-0.39, 0.29) is 11.8 Å². The summed E-state index contributed by atoms with van der Waals surface area (Å²) in [5, 5.41) is 4.07. The number of rotatable bonds is 5. The van der Waals surface area contributed by atoms with Crippen molar-refractivity contribution >= 4 is 33.5 Å². The van der Waals surface area contributed by atoms with Gasteiger partial charge in [-0.05, 0) is 35.7 Å². The van der Waals surface area contributed by atoms with Gasteiger partial charge in [0.05, 0.1) is 17.1 Å². The molecule has 0 fully saturated rings. The van der Waals surface area contributed by atoms with Gasteiger partial charge in [-0.25, -0.2) is 4.98 Å². The highest BCUT2D eigenvalue weighted by Gasteiger charge is 2.17. The Morgan fingerprint density at radius 1 is 1.19 bits per heavy atom. The lowest BCUT2D eigenvalue weighted by Gasteiger charge is -2.15. The maximum Gasteiger partial charge on any atom is 0.241 e. The fraction of sp³-hybridized carbons (Fsp3) is 0.238. The lowest BCUT2D eigenvalue weighted by Crippen LogP contribution is -2.39. The summed E-state index contributed by atoms with van der Waals surface area (Å²) >= 11 is 0. The average molecular weight is 361 g/mol. The number of fused-ring (bicyclic) bond motifs is 2. The van der Waals surface area contributed by atoms with Crippen molar-refractivity contribution in [3.63, 3.8) is 0 Å². The summed E-state index contributed by atoms with van der Waals surface area (Å²) in [6.07, 6.45) is 2.73. The number of amides is 1. The van der Waals surface area contributed by atoms with E-state index in [0.717, 1.165) is 22.4 Å². The zero-order valence-corrected chi connectivity index (χ0v) is 15.4. The van der Waals surface area contributed by atoms with E-state index in [4.69, 9.17) is 10.7 Å². The SMILES string of the molecule is CC(C)C(N)C(=O)Nc1ccc2[nH]c(Cc3c[nH]c4ccccc34)nc2c1.